The van der Waals surface area contributed by atoms with E-state index in [9.17, 15) is 14.7 Å². The maximum Gasteiger partial charge on any atom is 0.326 e. The summed E-state index contributed by atoms with van der Waals surface area (Å²) in [6.07, 6.45) is 2.20. The lowest BCUT2D eigenvalue weighted by Gasteiger charge is -2.21. The summed E-state index contributed by atoms with van der Waals surface area (Å²) in [4.78, 5) is 23.3. The fourth-order valence-electron chi connectivity index (χ4n) is 1.79. The summed E-state index contributed by atoms with van der Waals surface area (Å²) in [5.41, 5.74) is 0.0352. The lowest BCUT2D eigenvalue weighted by Crippen LogP contribution is -2.42. The topological polar surface area (TPSA) is 88.8 Å². The van der Waals surface area contributed by atoms with Crippen molar-refractivity contribution in [3.05, 3.63) is 23.7 Å². The van der Waals surface area contributed by atoms with Crippen molar-refractivity contribution in [2.75, 3.05) is 6.61 Å². The summed E-state index contributed by atoms with van der Waals surface area (Å²) in [5.74, 6) is -0.978. The number of furan rings is 1. The Morgan fingerprint density at radius 1 is 1.43 bits per heavy atom. The second-order valence-corrected chi connectivity index (χ2v) is 5.72. The van der Waals surface area contributed by atoms with Crippen LogP contribution in [0.5, 0.6) is 0 Å². The van der Waals surface area contributed by atoms with Gasteiger partial charge in [-0.3, -0.25) is 4.79 Å². The molecule has 1 amide bonds. The van der Waals surface area contributed by atoms with E-state index in [0.717, 1.165) is 0 Å². The van der Waals surface area contributed by atoms with Crippen molar-refractivity contribution < 1.29 is 23.8 Å². The van der Waals surface area contributed by atoms with Crippen LogP contribution in [0.2, 0.25) is 0 Å². The molecule has 0 radical (unpaired) electrons. The third-order valence-electron chi connectivity index (χ3n) is 2.86. The number of aliphatic carboxylic acids is 1. The first-order valence-corrected chi connectivity index (χ1v) is 6.98. The molecule has 0 bridgehead atoms. The SMILES string of the molecule is CCc1occc1C(=O)NC(CCOC(C)(C)C)C(=O)O. The largest absolute Gasteiger partial charge is 0.480 e. The van der Waals surface area contributed by atoms with E-state index >= 15 is 0 Å². The Hall–Kier alpha value is -1.82. The number of hydrogen-bond donors (Lipinski definition) is 2. The zero-order valence-electron chi connectivity index (χ0n) is 12.9. The maximum absolute atomic E-state index is 12.1. The highest BCUT2D eigenvalue weighted by molar-refractivity contribution is 5.97. The van der Waals surface area contributed by atoms with E-state index in [-0.39, 0.29) is 18.6 Å². The van der Waals surface area contributed by atoms with E-state index in [1.54, 1.807) is 6.07 Å². The predicted octanol–water partition coefficient (Wildman–Crippen LogP) is 2.23. The molecule has 0 aliphatic heterocycles. The average molecular weight is 297 g/mol. The minimum Gasteiger partial charge on any atom is -0.480 e. The first kappa shape index (κ1) is 17.2. The van der Waals surface area contributed by atoms with Crippen molar-refractivity contribution in [1.82, 2.24) is 5.32 Å². The van der Waals surface area contributed by atoms with Gasteiger partial charge in [-0.15, -0.1) is 0 Å². The molecule has 2 N–H and O–H groups in total. The van der Waals surface area contributed by atoms with Crippen LogP contribution in [0.1, 0.15) is 50.2 Å². The molecule has 6 heteroatoms. The molecule has 1 aromatic heterocycles. The number of carbonyl (C=O) groups is 2. The minimum absolute atomic E-state index is 0.206. The molecule has 0 fully saturated rings. The Morgan fingerprint density at radius 3 is 2.62 bits per heavy atom. The van der Waals surface area contributed by atoms with Gasteiger partial charge in [-0.25, -0.2) is 4.79 Å². The molecule has 0 aliphatic carbocycles. The number of nitrogens with one attached hydrogen (secondary N) is 1. The van der Waals surface area contributed by atoms with E-state index in [1.807, 2.05) is 27.7 Å². The van der Waals surface area contributed by atoms with Crippen LogP contribution in [0.3, 0.4) is 0 Å². The normalized spacial score (nSPS) is 13.0. The molecule has 0 aromatic carbocycles. The minimum atomic E-state index is -1.08. The number of aryl methyl sites for hydroxylation is 1. The summed E-state index contributed by atoms with van der Waals surface area (Å²) >= 11 is 0. The molecule has 1 heterocycles. The van der Waals surface area contributed by atoms with Crippen LogP contribution in [0.4, 0.5) is 0 Å². The molecular formula is C15H23NO5. The van der Waals surface area contributed by atoms with Crippen molar-refractivity contribution in [2.24, 2.45) is 0 Å². The highest BCUT2D eigenvalue weighted by Gasteiger charge is 2.23. The Labute approximate surface area is 124 Å². The zero-order valence-corrected chi connectivity index (χ0v) is 12.9. The molecule has 1 unspecified atom stereocenters. The quantitative estimate of drug-likeness (QED) is 0.805. The third kappa shape index (κ3) is 5.59. The second-order valence-electron chi connectivity index (χ2n) is 5.72. The van der Waals surface area contributed by atoms with Crippen LogP contribution in [0.15, 0.2) is 16.7 Å². The smallest absolute Gasteiger partial charge is 0.326 e. The molecule has 1 rings (SSSR count). The number of carboxylic acid groups (broad SMARTS) is 1. The number of carboxylic acids is 1. The van der Waals surface area contributed by atoms with Gasteiger partial charge in [-0.2, -0.15) is 0 Å². The molecule has 1 atom stereocenters. The van der Waals surface area contributed by atoms with Crippen molar-refractivity contribution in [2.45, 2.75) is 52.2 Å². The summed E-state index contributed by atoms with van der Waals surface area (Å²) in [6, 6.07) is 0.554. The molecule has 1 aromatic rings. The molecule has 0 aliphatic rings. The molecule has 118 valence electrons. The van der Waals surface area contributed by atoms with Crippen LogP contribution in [-0.4, -0.2) is 35.2 Å². The Kier molecular flexibility index (Phi) is 5.96. The summed E-state index contributed by atoms with van der Waals surface area (Å²) in [5, 5.41) is 11.7. The van der Waals surface area contributed by atoms with Crippen LogP contribution in [0, 0.1) is 0 Å². The lowest BCUT2D eigenvalue weighted by atomic mass is 10.1. The van der Waals surface area contributed by atoms with Gasteiger partial charge in [-0.05, 0) is 26.8 Å². The fraction of sp³-hybridized carbons (Fsp3) is 0.600. The Bertz CT molecular complexity index is 486. The number of amides is 1. The van der Waals surface area contributed by atoms with E-state index in [4.69, 9.17) is 9.15 Å². The van der Waals surface area contributed by atoms with E-state index in [1.165, 1.54) is 6.26 Å². The standard InChI is InChI=1S/C15H23NO5/c1-5-12-10(6-8-20-12)13(17)16-11(14(18)19)7-9-21-15(2,3)4/h6,8,11H,5,7,9H2,1-4H3,(H,16,17)(H,18,19). The summed E-state index contributed by atoms with van der Waals surface area (Å²) in [6.45, 7) is 7.79. The van der Waals surface area contributed by atoms with Crippen molar-refractivity contribution in [3.8, 4) is 0 Å². The van der Waals surface area contributed by atoms with Gasteiger partial charge in [0.2, 0.25) is 0 Å². The van der Waals surface area contributed by atoms with Crippen LogP contribution in [-0.2, 0) is 16.0 Å². The van der Waals surface area contributed by atoms with Crippen LogP contribution in [0.25, 0.3) is 0 Å². The molecule has 6 nitrogen and oxygen atoms in total. The van der Waals surface area contributed by atoms with Gasteiger partial charge < -0.3 is 19.6 Å². The Balaban J connectivity index is 2.62. The van der Waals surface area contributed by atoms with Gasteiger partial charge in [0.1, 0.15) is 11.8 Å². The molecular weight excluding hydrogens is 274 g/mol. The summed E-state index contributed by atoms with van der Waals surface area (Å²) in [7, 11) is 0. The first-order chi connectivity index (χ1) is 9.74. The van der Waals surface area contributed by atoms with Crippen molar-refractivity contribution in [3.63, 3.8) is 0 Å². The van der Waals surface area contributed by atoms with E-state index in [2.05, 4.69) is 5.32 Å². The average Bonchev–Trinajstić information content (AvgIpc) is 2.84. The maximum atomic E-state index is 12.1. The third-order valence-corrected chi connectivity index (χ3v) is 2.86. The van der Waals surface area contributed by atoms with Crippen molar-refractivity contribution >= 4 is 11.9 Å². The molecule has 21 heavy (non-hydrogen) atoms. The highest BCUT2D eigenvalue weighted by atomic mass is 16.5. The van der Waals surface area contributed by atoms with Gasteiger partial charge in [0.25, 0.3) is 5.91 Å². The molecule has 0 saturated carbocycles. The van der Waals surface area contributed by atoms with E-state index in [0.29, 0.717) is 17.7 Å². The van der Waals surface area contributed by atoms with Gasteiger partial charge in [-0.1, -0.05) is 6.92 Å². The first-order valence-electron chi connectivity index (χ1n) is 6.98. The Morgan fingerprint density at radius 2 is 2.10 bits per heavy atom. The van der Waals surface area contributed by atoms with Crippen LogP contribution < -0.4 is 5.32 Å². The number of hydrogen-bond acceptors (Lipinski definition) is 4. The van der Waals surface area contributed by atoms with Gasteiger partial charge in [0.15, 0.2) is 0 Å². The molecule has 0 saturated heterocycles. The fourth-order valence-corrected chi connectivity index (χ4v) is 1.79. The number of ether oxygens (including phenoxy) is 1. The zero-order chi connectivity index (χ0) is 16.0. The summed E-state index contributed by atoms with van der Waals surface area (Å²) < 4.78 is 10.7. The monoisotopic (exact) mass is 297 g/mol. The lowest BCUT2D eigenvalue weighted by molar-refractivity contribution is -0.140. The van der Waals surface area contributed by atoms with E-state index < -0.39 is 17.9 Å². The van der Waals surface area contributed by atoms with Gasteiger partial charge >= 0.3 is 5.97 Å². The van der Waals surface area contributed by atoms with Crippen molar-refractivity contribution in [1.29, 1.82) is 0 Å². The molecule has 0 spiro atoms. The number of rotatable bonds is 7. The van der Waals surface area contributed by atoms with Gasteiger partial charge in [0.05, 0.1) is 17.4 Å². The highest BCUT2D eigenvalue weighted by Crippen LogP contribution is 2.12. The van der Waals surface area contributed by atoms with Crippen LogP contribution >= 0.6 is 0 Å². The van der Waals surface area contributed by atoms with Gasteiger partial charge in [0, 0.05) is 19.4 Å². The predicted molar refractivity (Wildman–Crippen MR) is 77.3 cm³/mol. The number of carbonyl (C=O) groups excluding carboxylic acids is 1. The second kappa shape index (κ2) is 7.26.